The van der Waals surface area contributed by atoms with Gasteiger partial charge in [-0.2, -0.15) is 5.26 Å². The molecule has 0 radical (unpaired) electrons. The topological polar surface area (TPSA) is 62.5 Å². The van der Waals surface area contributed by atoms with Crippen molar-refractivity contribution in [3.8, 4) is 17.6 Å². The van der Waals surface area contributed by atoms with Crippen molar-refractivity contribution >= 4 is 0 Å². The monoisotopic (exact) mass is 297 g/mol. The lowest BCUT2D eigenvalue weighted by Gasteiger charge is -2.10. The van der Waals surface area contributed by atoms with Gasteiger partial charge >= 0.3 is 0 Å². The third-order valence-electron chi connectivity index (χ3n) is 3.13. The van der Waals surface area contributed by atoms with E-state index in [4.69, 9.17) is 14.7 Å². The van der Waals surface area contributed by atoms with E-state index in [1.165, 1.54) is 0 Å². The first-order valence-corrected chi connectivity index (χ1v) is 7.23. The fraction of sp³-hybridized carbons (Fsp3) is 0.278. The predicted molar refractivity (Wildman–Crippen MR) is 83.8 cm³/mol. The molecule has 1 N–H and O–H groups in total. The maximum Gasteiger partial charge on any atom is 0.120 e. The van der Waals surface area contributed by atoms with Gasteiger partial charge in [0.2, 0.25) is 0 Å². The van der Waals surface area contributed by atoms with E-state index in [1.54, 1.807) is 25.1 Å². The maximum absolute atomic E-state index is 9.53. The van der Waals surface area contributed by atoms with E-state index in [-0.39, 0.29) is 0 Å². The number of hydrogen-bond acceptors (Lipinski definition) is 4. The zero-order chi connectivity index (χ0) is 15.8. The van der Waals surface area contributed by atoms with Crippen LogP contribution in [-0.2, 0) is 0 Å². The Balaban J connectivity index is 1.73. The number of rotatable bonds is 7. The van der Waals surface area contributed by atoms with Crippen molar-refractivity contribution in [2.45, 2.75) is 19.4 Å². The lowest BCUT2D eigenvalue weighted by atomic mass is 10.1. The first kappa shape index (κ1) is 15.9. The Bertz CT molecular complexity index is 647. The summed E-state index contributed by atoms with van der Waals surface area (Å²) in [5, 5.41) is 18.3. The molecular formula is C18H19NO3. The number of hydrogen-bond donors (Lipinski definition) is 1. The average Bonchev–Trinajstić information content (AvgIpc) is 2.55. The van der Waals surface area contributed by atoms with E-state index in [0.717, 1.165) is 17.7 Å². The van der Waals surface area contributed by atoms with Gasteiger partial charge in [-0.3, -0.25) is 0 Å². The van der Waals surface area contributed by atoms with Crippen LogP contribution in [0.4, 0.5) is 0 Å². The molecule has 0 bridgehead atoms. The molecule has 4 nitrogen and oxygen atoms in total. The van der Waals surface area contributed by atoms with Crippen molar-refractivity contribution < 1.29 is 14.6 Å². The number of nitriles is 1. The number of aliphatic hydroxyl groups is 1. The van der Waals surface area contributed by atoms with Gasteiger partial charge in [-0.1, -0.05) is 18.2 Å². The van der Waals surface area contributed by atoms with Crippen LogP contribution in [0.2, 0.25) is 0 Å². The molecule has 114 valence electrons. The summed E-state index contributed by atoms with van der Waals surface area (Å²) in [6.45, 7) is 2.77. The van der Waals surface area contributed by atoms with E-state index in [9.17, 15) is 5.11 Å². The Hall–Kier alpha value is -2.51. The lowest BCUT2D eigenvalue weighted by molar-refractivity contribution is 0.198. The molecular weight excluding hydrogens is 278 g/mol. The molecule has 4 heteroatoms. The van der Waals surface area contributed by atoms with Crippen LogP contribution in [0.5, 0.6) is 11.5 Å². The van der Waals surface area contributed by atoms with Gasteiger partial charge in [0.1, 0.15) is 11.5 Å². The summed E-state index contributed by atoms with van der Waals surface area (Å²) in [4.78, 5) is 0. The molecule has 1 unspecified atom stereocenters. The molecule has 0 aliphatic rings. The Morgan fingerprint density at radius 2 is 1.68 bits per heavy atom. The van der Waals surface area contributed by atoms with Crippen LogP contribution in [0.15, 0.2) is 48.5 Å². The van der Waals surface area contributed by atoms with Crippen molar-refractivity contribution in [1.82, 2.24) is 0 Å². The Kier molecular flexibility index (Phi) is 5.81. The van der Waals surface area contributed by atoms with Gasteiger partial charge in [-0.15, -0.1) is 0 Å². The van der Waals surface area contributed by atoms with Gasteiger partial charge in [0, 0.05) is 6.42 Å². The highest BCUT2D eigenvalue weighted by Crippen LogP contribution is 2.19. The van der Waals surface area contributed by atoms with Gasteiger partial charge in [-0.05, 0) is 42.8 Å². The van der Waals surface area contributed by atoms with Crippen molar-refractivity contribution in [3.05, 3.63) is 59.7 Å². The van der Waals surface area contributed by atoms with Crippen LogP contribution < -0.4 is 9.47 Å². The van der Waals surface area contributed by atoms with Crippen LogP contribution in [0.25, 0.3) is 0 Å². The highest BCUT2D eigenvalue weighted by molar-refractivity contribution is 5.36. The van der Waals surface area contributed by atoms with Gasteiger partial charge in [0.05, 0.1) is 31.0 Å². The maximum atomic E-state index is 9.53. The summed E-state index contributed by atoms with van der Waals surface area (Å²) < 4.78 is 11.2. The van der Waals surface area contributed by atoms with Gasteiger partial charge in [0.25, 0.3) is 0 Å². The molecule has 0 aliphatic carbocycles. The summed E-state index contributed by atoms with van der Waals surface area (Å²) in [5.74, 6) is 1.43. The summed E-state index contributed by atoms with van der Waals surface area (Å²) in [5.41, 5.74) is 1.42. The predicted octanol–water partition coefficient (Wildman–Crippen LogP) is 3.46. The standard InChI is InChI=1S/C18H19NO3/c1-14(20)16-6-3-8-18(12-16)22-10-4-9-21-17-7-2-5-15(11-17)13-19/h2-3,5-8,11-12,14,20H,4,9-10H2,1H3. The summed E-state index contributed by atoms with van der Waals surface area (Å²) in [6, 6.07) is 16.6. The molecule has 0 fully saturated rings. The van der Waals surface area contributed by atoms with E-state index >= 15 is 0 Å². The Morgan fingerprint density at radius 1 is 1.05 bits per heavy atom. The van der Waals surface area contributed by atoms with Crippen molar-refractivity contribution in [3.63, 3.8) is 0 Å². The lowest BCUT2D eigenvalue weighted by Crippen LogP contribution is -2.05. The van der Waals surface area contributed by atoms with Gasteiger partial charge in [0.15, 0.2) is 0 Å². The molecule has 0 saturated carbocycles. The molecule has 2 aromatic rings. The zero-order valence-electron chi connectivity index (χ0n) is 12.5. The molecule has 0 aliphatic heterocycles. The number of aliphatic hydroxyl groups excluding tert-OH is 1. The van der Waals surface area contributed by atoms with Gasteiger partial charge < -0.3 is 14.6 Å². The fourth-order valence-electron chi connectivity index (χ4n) is 1.96. The van der Waals surface area contributed by atoms with Crippen LogP contribution in [0.1, 0.15) is 30.6 Å². The highest BCUT2D eigenvalue weighted by atomic mass is 16.5. The first-order chi connectivity index (χ1) is 10.7. The molecule has 2 aromatic carbocycles. The third-order valence-corrected chi connectivity index (χ3v) is 3.13. The van der Waals surface area contributed by atoms with Crippen LogP contribution in [0, 0.1) is 11.3 Å². The van der Waals surface area contributed by atoms with Crippen LogP contribution in [0.3, 0.4) is 0 Å². The normalized spacial score (nSPS) is 11.5. The van der Waals surface area contributed by atoms with E-state index in [1.807, 2.05) is 30.3 Å². The molecule has 22 heavy (non-hydrogen) atoms. The largest absolute Gasteiger partial charge is 0.493 e. The van der Waals surface area contributed by atoms with Crippen molar-refractivity contribution in [2.24, 2.45) is 0 Å². The molecule has 2 rings (SSSR count). The zero-order valence-corrected chi connectivity index (χ0v) is 12.5. The molecule has 0 amide bonds. The summed E-state index contributed by atoms with van der Waals surface area (Å²) in [7, 11) is 0. The quantitative estimate of drug-likeness (QED) is 0.795. The molecule has 0 spiro atoms. The van der Waals surface area contributed by atoms with E-state index in [2.05, 4.69) is 6.07 Å². The second-order valence-corrected chi connectivity index (χ2v) is 4.94. The third kappa shape index (κ3) is 4.80. The van der Waals surface area contributed by atoms with E-state index < -0.39 is 6.10 Å². The van der Waals surface area contributed by atoms with Crippen molar-refractivity contribution in [2.75, 3.05) is 13.2 Å². The average molecular weight is 297 g/mol. The molecule has 0 heterocycles. The minimum absolute atomic E-state index is 0.501. The minimum atomic E-state index is -0.501. The van der Waals surface area contributed by atoms with Crippen molar-refractivity contribution in [1.29, 1.82) is 5.26 Å². The summed E-state index contributed by atoms with van der Waals surface area (Å²) >= 11 is 0. The molecule has 0 saturated heterocycles. The van der Waals surface area contributed by atoms with Crippen LogP contribution in [-0.4, -0.2) is 18.3 Å². The smallest absolute Gasteiger partial charge is 0.120 e. The second kappa shape index (κ2) is 8.06. The van der Waals surface area contributed by atoms with Crippen LogP contribution >= 0.6 is 0 Å². The minimum Gasteiger partial charge on any atom is -0.493 e. The van der Waals surface area contributed by atoms with E-state index in [0.29, 0.717) is 24.5 Å². The second-order valence-electron chi connectivity index (χ2n) is 4.94. The fourth-order valence-corrected chi connectivity index (χ4v) is 1.96. The Labute approximate surface area is 130 Å². The SMILES string of the molecule is CC(O)c1cccc(OCCCOc2cccc(C#N)c2)c1. The van der Waals surface area contributed by atoms with Gasteiger partial charge in [-0.25, -0.2) is 0 Å². The number of ether oxygens (including phenoxy) is 2. The number of benzene rings is 2. The molecule has 1 atom stereocenters. The summed E-state index contributed by atoms with van der Waals surface area (Å²) in [6.07, 6.45) is 0.231. The highest BCUT2D eigenvalue weighted by Gasteiger charge is 2.02. The number of nitrogens with zero attached hydrogens (tertiary/aromatic N) is 1. The Morgan fingerprint density at radius 3 is 2.32 bits per heavy atom. The first-order valence-electron chi connectivity index (χ1n) is 7.23. The molecule has 0 aromatic heterocycles.